The van der Waals surface area contributed by atoms with Gasteiger partial charge in [0.15, 0.2) is 0 Å². The highest BCUT2D eigenvalue weighted by Gasteiger charge is 2.19. The molecule has 1 atom stereocenters. The number of hydrogen-bond acceptors (Lipinski definition) is 2. The van der Waals surface area contributed by atoms with Crippen molar-refractivity contribution in [3.8, 4) is 0 Å². The smallest absolute Gasteiger partial charge is 0.0602 e. The minimum absolute atomic E-state index is 0.546. The van der Waals surface area contributed by atoms with Gasteiger partial charge in [0.25, 0.3) is 0 Å². The Morgan fingerprint density at radius 1 is 1.50 bits per heavy atom. The normalized spacial score (nSPS) is 20.2. The van der Waals surface area contributed by atoms with E-state index in [1.807, 2.05) is 0 Å². The van der Waals surface area contributed by atoms with Crippen LogP contribution in [0, 0.1) is 6.92 Å². The third kappa shape index (κ3) is 1.57. The van der Waals surface area contributed by atoms with Crippen molar-refractivity contribution in [2.75, 3.05) is 23.3 Å². The topological polar surface area (TPSA) is 15.3 Å². The van der Waals surface area contributed by atoms with Crippen LogP contribution in [-0.4, -0.2) is 19.1 Å². The minimum atomic E-state index is 0.546. The van der Waals surface area contributed by atoms with Crippen molar-refractivity contribution < 1.29 is 0 Å². The average Bonchev–Trinajstić information content (AvgIpc) is 2.15. The van der Waals surface area contributed by atoms with Crippen LogP contribution in [0.25, 0.3) is 0 Å². The predicted octanol–water partition coefficient (Wildman–Crippen LogP) is 2.64. The van der Waals surface area contributed by atoms with E-state index in [9.17, 15) is 0 Å². The van der Waals surface area contributed by atoms with Gasteiger partial charge in [0, 0.05) is 19.1 Å². The van der Waals surface area contributed by atoms with Crippen molar-refractivity contribution in [1.29, 1.82) is 0 Å². The molecule has 0 spiro atoms. The quantitative estimate of drug-likeness (QED) is 0.732. The summed E-state index contributed by atoms with van der Waals surface area (Å²) < 4.78 is 0. The standard InChI is InChI=1S/C12H18N2/c1-4-14-8-10(3)13-11-7-9(2)5-6-12(11)14/h5-7,10,13H,4,8H2,1-3H3. The third-order valence-electron chi connectivity index (χ3n) is 2.77. The van der Waals surface area contributed by atoms with Crippen LogP contribution in [0.4, 0.5) is 11.4 Å². The molecule has 1 aromatic rings. The van der Waals surface area contributed by atoms with E-state index in [0.717, 1.165) is 13.1 Å². The van der Waals surface area contributed by atoms with Crippen molar-refractivity contribution in [2.45, 2.75) is 26.8 Å². The van der Waals surface area contributed by atoms with Gasteiger partial charge in [-0.05, 0) is 38.5 Å². The second-order valence-electron chi connectivity index (χ2n) is 4.10. The van der Waals surface area contributed by atoms with Gasteiger partial charge in [0.1, 0.15) is 0 Å². The number of benzene rings is 1. The van der Waals surface area contributed by atoms with Crippen LogP contribution in [0.1, 0.15) is 19.4 Å². The monoisotopic (exact) mass is 190 g/mol. The molecule has 1 N–H and O–H groups in total. The molecule has 0 saturated heterocycles. The second-order valence-corrected chi connectivity index (χ2v) is 4.10. The fourth-order valence-corrected chi connectivity index (χ4v) is 2.08. The molecule has 1 unspecified atom stereocenters. The van der Waals surface area contributed by atoms with E-state index in [1.54, 1.807) is 0 Å². The predicted molar refractivity (Wildman–Crippen MR) is 62.2 cm³/mol. The van der Waals surface area contributed by atoms with Crippen LogP contribution >= 0.6 is 0 Å². The molecule has 76 valence electrons. The lowest BCUT2D eigenvalue weighted by Crippen LogP contribution is -2.39. The van der Waals surface area contributed by atoms with Crippen molar-refractivity contribution >= 4 is 11.4 Å². The van der Waals surface area contributed by atoms with Crippen molar-refractivity contribution in [3.63, 3.8) is 0 Å². The lowest BCUT2D eigenvalue weighted by molar-refractivity contribution is 0.703. The fraction of sp³-hybridized carbons (Fsp3) is 0.500. The van der Waals surface area contributed by atoms with E-state index >= 15 is 0 Å². The molecule has 1 aromatic carbocycles. The zero-order valence-corrected chi connectivity index (χ0v) is 9.17. The number of rotatable bonds is 1. The number of nitrogens with zero attached hydrogens (tertiary/aromatic N) is 1. The van der Waals surface area contributed by atoms with Gasteiger partial charge in [0.05, 0.1) is 11.4 Å². The molecule has 1 aliphatic heterocycles. The molecule has 2 heteroatoms. The maximum absolute atomic E-state index is 3.52. The molecule has 0 aliphatic carbocycles. The highest BCUT2D eigenvalue weighted by Crippen LogP contribution is 2.31. The summed E-state index contributed by atoms with van der Waals surface area (Å²) in [6.45, 7) is 8.77. The Morgan fingerprint density at radius 3 is 3.00 bits per heavy atom. The lowest BCUT2D eigenvalue weighted by atomic mass is 10.1. The summed E-state index contributed by atoms with van der Waals surface area (Å²) in [6, 6.07) is 7.17. The molecule has 0 fully saturated rings. The molecule has 1 heterocycles. The summed E-state index contributed by atoms with van der Waals surface area (Å²) in [5, 5.41) is 3.52. The molecule has 0 radical (unpaired) electrons. The number of fused-ring (bicyclic) bond motifs is 1. The summed E-state index contributed by atoms with van der Waals surface area (Å²) in [5.74, 6) is 0. The van der Waals surface area contributed by atoms with Gasteiger partial charge in [-0.3, -0.25) is 0 Å². The van der Waals surface area contributed by atoms with Crippen LogP contribution in [0.3, 0.4) is 0 Å². The van der Waals surface area contributed by atoms with E-state index in [2.05, 4.69) is 49.2 Å². The van der Waals surface area contributed by atoms with Gasteiger partial charge in [-0.15, -0.1) is 0 Å². The Morgan fingerprint density at radius 2 is 2.29 bits per heavy atom. The van der Waals surface area contributed by atoms with Crippen LogP contribution in [-0.2, 0) is 0 Å². The Bertz CT molecular complexity index is 333. The molecule has 14 heavy (non-hydrogen) atoms. The molecule has 0 bridgehead atoms. The van der Waals surface area contributed by atoms with Crippen LogP contribution in [0.5, 0.6) is 0 Å². The summed E-state index contributed by atoms with van der Waals surface area (Å²) >= 11 is 0. The first-order valence-corrected chi connectivity index (χ1v) is 5.33. The first-order chi connectivity index (χ1) is 6.70. The number of nitrogens with one attached hydrogen (secondary N) is 1. The van der Waals surface area contributed by atoms with E-state index in [4.69, 9.17) is 0 Å². The van der Waals surface area contributed by atoms with Gasteiger partial charge in [-0.25, -0.2) is 0 Å². The van der Waals surface area contributed by atoms with Crippen LogP contribution in [0.2, 0.25) is 0 Å². The first kappa shape index (κ1) is 9.38. The molecule has 0 saturated carbocycles. The Labute approximate surface area is 85.9 Å². The molecule has 2 nitrogen and oxygen atoms in total. The summed E-state index contributed by atoms with van der Waals surface area (Å²) in [5.41, 5.74) is 3.95. The summed E-state index contributed by atoms with van der Waals surface area (Å²) in [6.07, 6.45) is 0. The molecular weight excluding hydrogens is 172 g/mol. The lowest BCUT2D eigenvalue weighted by Gasteiger charge is -2.35. The number of aryl methyl sites for hydroxylation is 1. The Kier molecular flexibility index (Phi) is 2.36. The number of likely N-dealkylation sites (N-methyl/N-ethyl adjacent to an activating group) is 1. The largest absolute Gasteiger partial charge is 0.379 e. The van der Waals surface area contributed by atoms with Gasteiger partial charge < -0.3 is 10.2 Å². The second kappa shape index (κ2) is 3.52. The molecule has 2 rings (SSSR count). The zero-order valence-electron chi connectivity index (χ0n) is 9.17. The van der Waals surface area contributed by atoms with E-state index in [0.29, 0.717) is 6.04 Å². The highest BCUT2D eigenvalue weighted by molar-refractivity contribution is 5.73. The first-order valence-electron chi connectivity index (χ1n) is 5.33. The molecular formula is C12H18N2. The number of hydrogen-bond donors (Lipinski definition) is 1. The number of anilines is 2. The maximum Gasteiger partial charge on any atom is 0.0602 e. The third-order valence-corrected chi connectivity index (χ3v) is 2.77. The van der Waals surface area contributed by atoms with Crippen LogP contribution < -0.4 is 10.2 Å². The highest BCUT2D eigenvalue weighted by atomic mass is 15.2. The van der Waals surface area contributed by atoms with Crippen LogP contribution in [0.15, 0.2) is 18.2 Å². The maximum atomic E-state index is 3.52. The summed E-state index contributed by atoms with van der Waals surface area (Å²) in [7, 11) is 0. The molecule has 0 amide bonds. The van der Waals surface area contributed by atoms with Crippen molar-refractivity contribution in [2.24, 2.45) is 0 Å². The van der Waals surface area contributed by atoms with Gasteiger partial charge in [-0.2, -0.15) is 0 Å². The van der Waals surface area contributed by atoms with Crippen molar-refractivity contribution in [1.82, 2.24) is 0 Å². The minimum Gasteiger partial charge on any atom is -0.379 e. The fourth-order valence-electron chi connectivity index (χ4n) is 2.08. The van der Waals surface area contributed by atoms with Crippen molar-refractivity contribution in [3.05, 3.63) is 23.8 Å². The Balaban J connectivity index is 2.40. The Hall–Kier alpha value is -1.18. The van der Waals surface area contributed by atoms with Gasteiger partial charge in [-0.1, -0.05) is 6.07 Å². The summed E-state index contributed by atoms with van der Waals surface area (Å²) in [4.78, 5) is 2.43. The molecule has 0 aromatic heterocycles. The average molecular weight is 190 g/mol. The van der Waals surface area contributed by atoms with Gasteiger partial charge in [0.2, 0.25) is 0 Å². The van der Waals surface area contributed by atoms with E-state index in [-0.39, 0.29) is 0 Å². The van der Waals surface area contributed by atoms with E-state index < -0.39 is 0 Å². The van der Waals surface area contributed by atoms with Gasteiger partial charge >= 0.3 is 0 Å². The molecule has 1 aliphatic rings. The van der Waals surface area contributed by atoms with E-state index in [1.165, 1.54) is 16.9 Å². The zero-order chi connectivity index (χ0) is 10.1. The SMILES string of the molecule is CCN1CC(C)Nc2cc(C)ccc21.